The number of hydrazone groups is 1. The zero-order valence-electron chi connectivity index (χ0n) is 25.5. The fourth-order valence-electron chi connectivity index (χ4n) is 6.02. The molecule has 9 nitrogen and oxygen atoms in total. The molecule has 4 heterocycles. The van der Waals surface area contributed by atoms with Gasteiger partial charge in [0, 0.05) is 66.4 Å². The van der Waals surface area contributed by atoms with Crippen molar-refractivity contribution in [1.29, 1.82) is 0 Å². The van der Waals surface area contributed by atoms with Gasteiger partial charge in [0.25, 0.3) is 0 Å². The van der Waals surface area contributed by atoms with Crippen LogP contribution in [0.1, 0.15) is 32.1 Å². The van der Waals surface area contributed by atoms with Gasteiger partial charge in [-0.3, -0.25) is 9.99 Å². The molecule has 0 N–H and O–H groups in total. The van der Waals surface area contributed by atoms with Crippen LogP contribution in [0.5, 0.6) is 5.75 Å². The van der Waals surface area contributed by atoms with Crippen molar-refractivity contribution in [2.45, 2.75) is 38.7 Å². The van der Waals surface area contributed by atoms with Crippen molar-refractivity contribution in [1.82, 2.24) is 9.99 Å². The summed E-state index contributed by atoms with van der Waals surface area (Å²) in [5, 5.41) is 7.76. The molecule has 3 aliphatic rings. The van der Waals surface area contributed by atoms with Gasteiger partial charge >= 0.3 is 0 Å². The third-order valence-corrected chi connectivity index (χ3v) is 8.88. The van der Waals surface area contributed by atoms with Gasteiger partial charge in [0.2, 0.25) is 0 Å². The van der Waals surface area contributed by atoms with Gasteiger partial charge < -0.3 is 28.9 Å². The van der Waals surface area contributed by atoms with Crippen molar-refractivity contribution in [3.63, 3.8) is 0 Å². The topological polar surface area (TPSA) is 65.9 Å². The van der Waals surface area contributed by atoms with Crippen molar-refractivity contribution in [2.75, 3.05) is 60.8 Å². The molecule has 1 unspecified atom stereocenters. The van der Waals surface area contributed by atoms with Crippen LogP contribution >= 0.6 is 0 Å². The van der Waals surface area contributed by atoms with Gasteiger partial charge in [0.15, 0.2) is 6.29 Å². The first-order valence-electron chi connectivity index (χ1n) is 15.7. The summed E-state index contributed by atoms with van der Waals surface area (Å²) < 4.78 is 18.3. The Bertz CT molecular complexity index is 1570. The van der Waals surface area contributed by atoms with Crippen LogP contribution in [-0.4, -0.2) is 74.5 Å². The third kappa shape index (κ3) is 6.02. The van der Waals surface area contributed by atoms with Crippen LogP contribution in [0.25, 0.3) is 10.9 Å². The molecule has 7 rings (SSSR count). The third-order valence-electron chi connectivity index (χ3n) is 8.88. The summed E-state index contributed by atoms with van der Waals surface area (Å²) in [4.78, 5) is 11.6. The average molecular weight is 593 g/mol. The maximum Gasteiger partial charge on any atom is 0.185 e. The minimum atomic E-state index is -0.407. The molecule has 0 amide bonds. The molecule has 0 spiro atoms. The minimum Gasteiger partial charge on any atom is -0.491 e. The Morgan fingerprint density at radius 1 is 0.864 bits per heavy atom. The summed E-state index contributed by atoms with van der Waals surface area (Å²) in [5.41, 5.74) is 5.61. The number of hydrogen-bond donors (Lipinski definition) is 0. The Labute approximate surface area is 259 Å². The molecule has 2 fully saturated rings. The summed E-state index contributed by atoms with van der Waals surface area (Å²) in [5.74, 6) is 0.837. The molecule has 2 saturated heterocycles. The number of fused-ring (bicyclic) bond motifs is 1. The smallest absolute Gasteiger partial charge is 0.185 e. The van der Waals surface area contributed by atoms with Crippen molar-refractivity contribution in [2.24, 2.45) is 5.10 Å². The minimum absolute atomic E-state index is 0.128. The zero-order chi connectivity index (χ0) is 29.9. The zero-order valence-corrected chi connectivity index (χ0v) is 25.5. The van der Waals surface area contributed by atoms with Gasteiger partial charge in [-0.25, -0.2) is 0 Å². The molecular formula is C35H40N6O3. The van der Waals surface area contributed by atoms with Gasteiger partial charge in [-0.05, 0) is 74.0 Å². The quantitative estimate of drug-likeness (QED) is 0.239. The SMILES string of the molecule is CCC(C)N1CN(c2ccc(N3CCN(c4ccc(OC[C@@H]5CO[C@@H](c6cccc7ncccc67)O5)cc4)CC3)cc2)C=N1. The predicted molar refractivity (Wildman–Crippen MR) is 176 cm³/mol. The van der Waals surface area contributed by atoms with Crippen molar-refractivity contribution in [3.8, 4) is 5.75 Å². The van der Waals surface area contributed by atoms with E-state index in [0.717, 1.165) is 61.5 Å². The highest BCUT2D eigenvalue weighted by Gasteiger charge is 2.29. The average Bonchev–Trinajstić information content (AvgIpc) is 3.78. The van der Waals surface area contributed by atoms with Crippen LogP contribution < -0.4 is 19.4 Å². The lowest BCUT2D eigenvalue weighted by Gasteiger charge is -2.37. The molecule has 4 aromatic rings. The van der Waals surface area contributed by atoms with Gasteiger partial charge in [-0.1, -0.05) is 25.1 Å². The number of piperazine rings is 1. The number of ether oxygens (including phenoxy) is 3. The lowest BCUT2D eigenvalue weighted by atomic mass is 10.1. The molecule has 3 atom stereocenters. The van der Waals surface area contributed by atoms with E-state index in [1.807, 2.05) is 42.7 Å². The molecule has 3 aliphatic heterocycles. The van der Waals surface area contributed by atoms with E-state index in [-0.39, 0.29) is 6.10 Å². The lowest BCUT2D eigenvalue weighted by Crippen LogP contribution is -2.46. The van der Waals surface area contributed by atoms with E-state index in [1.165, 1.54) is 17.1 Å². The molecule has 0 radical (unpaired) electrons. The van der Waals surface area contributed by atoms with E-state index < -0.39 is 6.29 Å². The van der Waals surface area contributed by atoms with Crippen LogP contribution in [0.15, 0.2) is 90.2 Å². The number of pyridine rings is 1. The molecule has 228 valence electrons. The van der Waals surface area contributed by atoms with E-state index in [9.17, 15) is 0 Å². The monoisotopic (exact) mass is 592 g/mol. The number of nitrogens with zero attached hydrogens (tertiary/aromatic N) is 6. The lowest BCUT2D eigenvalue weighted by molar-refractivity contribution is -0.0649. The fourth-order valence-corrected chi connectivity index (χ4v) is 6.02. The summed E-state index contributed by atoms with van der Waals surface area (Å²) in [7, 11) is 0. The number of hydrogen-bond acceptors (Lipinski definition) is 9. The normalized spacial score (nSPS) is 21.0. The van der Waals surface area contributed by atoms with Gasteiger partial charge in [0.1, 0.15) is 31.5 Å². The van der Waals surface area contributed by atoms with Gasteiger partial charge in [-0.2, -0.15) is 5.10 Å². The largest absolute Gasteiger partial charge is 0.491 e. The van der Waals surface area contributed by atoms with Crippen LogP contribution in [0.4, 0.5) is 17.1 Å². The molecule has 0 aliphatic carbocycles. The Hall–Kier alpha value is -4.34. The first-order valence-corrected chi connectivity index (χ1v) is 15.7. The molecule has 0 bridgehead atoms. The van der Waals surface area contributed by atoms with E-state index in [0.29, 0.717) is 19.3 Å². The molecule has 3 aromatic carbocycles. The molecular weight excluding hydrogens is 552 g/mol. The predicted octanol–water partition coefficient (Wildman–Crippen LogP) is 5.88. The molecule has 0 saturated carbocycles. The number of rotatable bonds is 9. The van der Waals surface area contributed by atoms with Crippen LogP contribution in [0.2, 0.25) is 0 Å². The van der Waals surface area contributed by atoms with Gasteiger partial charge in [-0.15, -0.1) is 0 Å². The van der Waals surface area contributed by atoms with E-state index in [4.69, 9.17) is 14.2 Å². The highest BCUT2D eigenvalue weighted by molar-refractivity contribution is 5.82. The molecule has 44 heavy (non-hydrogen) atoms. The Morgan fingerprint density at radius 2 is 1.57 bits per heavy atom. The first-order chi connectivity index (χ1) is 21.6. The maximum atomic E-state index is 6.19. The maximum absolute atomic E-state index is 6.19. The van der Waals surface area contributed by atoms with Crippen LogP contribution in [-0.2, 0) is 9.47 Å². The van der Waals surface area contributed by atoms with Crippen molar-refractivity contribution in [3.05, 3.63) is 90.6 Å². The first kappa shape index (κ1) is 28.4. The Balaban J connectivity index is 0.874. The summed E-state index contributed by atoms with van der Waals surface area (Å²) in [6, 6.07) is 27.8. The number of anilines is 3. The number of aromatic nitrogens is 1. The van der Waals surface area contributed by atoms with E-state index in [2.05, 4.69) is 86.1 Å². The second-order valence-electron chi connectivity index (χ2n) is 11.7. The number of benzene rings is 3. The summed E-state index contributed by atoms with van der Waals surface area (Å²) in [6.07, 6.45) is 4.30. The van der Waals surface area contributed by atoms with Gasteiger partial charge in [0.05, 0.1) is 12.1 Å². The fraction of sp³-hybridized carbons (Fsp3) is 0.371. The van der Waals surface area contributed by atoms with Crippen LogP contribution in [0, 0.1) is 0 Å². The van der Waals surface area contributed by atoms with E-state index >= 15 is 0 Å². The van der Waals surface area contributed by atoms with E-state index in [1.54, 1.807) is 6.20 Å². The highest BCUT2D eigenvalue weighted by atomic mass is 16.7. The van der Waals surface area contributed by atoms with Crippen molar-refractivity contribution < 1.29 is 14.2 Å². The highest BCUT2D eigenvalue weighted by Crippen LogP contribution is 2.32. The van der Waals surface area contributed by atoms with Crippen molar-refractivity contribution >= 4 is 34.3 Å². The molecule has 1 aromatic heterocycles. The Kier molecular flexibility index (Phi) is 8.22. The summed E-state index contributed by atoms with van der Waals surface area (Å²) >= 11 is 0. The van der Waals surface area contributed by atoms with Crippen LogP contribution in [0.3, 0.4) is 0 Å². The standard InChI is InChI=1S/C35H40N6O3/c1-3-26(2)41-25-40(24-37-41)29-11-9-27(10-12-29)38-18-20-39(21-19-38)28-13-15-30(16-14-28)42-22-31-23-43-35(44-31)33-6-4-8-34-32(33)7-5-17-36-34/h4-17,24,26,31,35H,3,18-23,25H2,1-2H3/t26?,31-,35-/m1/s1. The molecule has 9 heteroatoms. The summed E-state index contributed by atoms with van der Waals surface area (Å²) in [6.45, 7) is 10.1. The second-order valence-corrected chi connectivity index (χ2v) is 11.7. The second kappa shape index (κ2) is 12.7. The Morgan fingerprint density at radius 3 is 2.30 bits per heavy atom.